The second-order valence-electron chi connectivity index (χ2n) is 4.76. The van der Waals surface area contributed by atoms with Crippen molar-refractivity contribution in [2.24, 2.45) is 11.7 Å². The molecule has 1 aliphatic rings. The van der Waals surface area contributed by atoms with Crippen LogP contribution in [0.1, 0.15) is 31.2 Å². The summed E-state index contributed by atoms with van der Waals surface area (Å²) < 4.78 is 25.8. The molecule has 0 bridgehead atoms. The van der Waals surface area contributed by atoms with E-state index < -0.39 is 11.6 Å². The molecule has 1 aliphatic carbocycles. The van der Waals surface area contributed by atoms with Crippen molar-refractivity contribution in [3.63, 3.8) is 0 Å². The van der Waals surface area contributed by atoms with Crippen molar-refractivity contribution in [3.05, 3.63) is 35.4 Å². The molecule has 0 saturated heterocycles. The number of nitrogens with two attached hydrogens (primary N) is 1. The molecule has 1 aromatic carbocycles. The van der Waals surface area contributed by atoms with Crippen molar-refractivity contribution in [1.29, 1.82) is 0 Å². The van der Waals surface area contributed by atoms with Gasteiger partial charge in [0.2, 0.25) is 0 Å². The first-order valence-corrected chi connectivity index (χ1v) is 5.84. The minimum absolute atomic E-state index is 0.0156. The fourth-order valence-corrected chi connectivity index (χ4v) is 1.99. The molecular formula is C13H17F2N. The topological polar surface area (TPSA) is 26.0 Å². The van der Waals surface area contributed by atoms with Crippen LogP contribution in [0.25, 0.3) is 0 Å². The zero-order valence-electron chi connectivity index (χ0n) is 9.26. The molecule has 0 amide bonds. The second-order valence-corrected chi connectivity index (χ2v) is 4.76. The van der Waals surface area contributed by atoms with Gasteiger partial charge in [0.1, 0.15) is 11.6 Å². The van der Waals surface area contributed by atoms with Crippen LogP contribution in [0.5, 0.6) is 0 Å². The molecule has 0 radical (unpaired) electrons. The van der Waals surface area contributed by atoms with E-state index in [0.717, 1.165) is 24.8 Å². The van der Waals surface area contributed by atoms with E-state index in [-0.39, 0.29) is 6.04 Å². The van der Waals surface area contributed by atoms with Gasteiger partial charge in [-0.25, -0.2) is 8.78 Å². The van der Waals surface area contributed by atoms with E-state index in [9.17, 15) is 8.78 Å². The van der Waals surface area contributed by atoms with E-state index in [4.69, 9.17) is 5.73 Å². The summed E-state index contributed by atoms with van der Waals surface area (Å²) in [5.74, 6) is -0.191. The van der Waals surface area contributed by atoms with Crippen LogP contribution in [0.4, 0.5) is 8.78 Å². The number of hydrogen-bond acceptors (Lipinski definition) is 1. The molecule has 1 atom stereocenters. The molecule has 1 aromatic rings. The lowest BCUT2D eigenvalue weighted by molar-refractivity contribution is 0.542. The van der Waals surface area contributed by atoms with Crippen LogP contribution in [0, 0.1) is 17.6 Å². The molecule has 1 nitrogen and oxygen atoms in total. The summed E-state index contributed by atoms with van der Waals surface area (Å²) in [4.78, 5) is 0. The Bertz CT molecular complexity index is 341. The van der Waals surface area contributed by atoms with Crippen LogP contribution in [0.3, 0.4) is 0 Å². The Morgan fingerprint density at radius 2 is 1.81 bits per heavy atom. The number of hydrogen-bond donors (Lipinski definition) is 1. The quantitative estimate of drug-likeness (QED) is 0.819. The van der Waals surface area contributed by atoms with Crippen LogP contribution in [0.15, 0.2) is 18.2 Å². The zero-order chi connectivity index (χ0) is 11.5. The van der Waals surface area contributed by atoms with E-state index in [1.807, 2.05) is 0 Å². The first kappa shape index (κ1) is 11.5. The highest BCUT2D eigenvalue weighted by Crippen LogP contribution is 2.33. The Hall–Kier alpha value is -0.960. The van der Waals surface area contributed by atoms with Gasteiger partial charge in [0.15, 0.2) is 0 Å². The largest absolute Gasteiger partial charge is 0.327 e. The highest BCUT2D eigenvalue weighted by Gasteiger charge is 2.21. The first-order chi connectivity index (χ1) is 7.63. The van der Waals surface area contributed by atoms with Crippen LogP contribution in [0.2, 0.25) is 0 Å². The Morgan fingerprint density at radius 1 is 1.19 bits per heavy atom. The first-order valence-electron chi connectivity index (χ1n) is 5.84. The molecule has 3 heteroatoms. The third-order valence-corrected chi connectivity index (χ3v) is 3.06. The van der Waals surface area contributed by atoms with Gasteiger partial charge in [0.25, 0.3) is 0 Å². The minimum Gasteiger partial charge on any atom is -0.327 e. The van der Waals surface area contributed by atoms with E-state index in [2.05, 4.69) is 0 Å². The molecule has 1 fully saturated rings. The molecule has 0 aromatic heterocycles. The molecule has 2 N–H and O–H groups in total. The Morgan fingerprint density at radius 3 is 2.38 bits per heavy atom. The monoisotopic (exact) mass is 225 g/mol. The summed E-state index contributed by atoms with van der Waals surface area (Å²) in [6, 6.07) is 3.63. The maximum absolute atomic E-state index is 12.9. The van der Waals surface area contributed by atoms with E-state index in [0.29, 0.717) is 12.0 Å². The van der Waals surface area contributed by atoms with Gasteiger partial charge in [0, 0.05) is 12.1 Å². The van der Waals surface area contributed by atoms with Gasteiger partial charge in [-0.3, -0.25) is 0 Å². The minimum atomic E-state index is -0.524. The Labute approximate surface area is 94.7 Å². The molecule has 88 valence electrons. The van der Waals surface area contributed by atoms with Crippen LogP contribution in [-0.4, -0.2) is 6.04 Å². The predicted molar refractivity (Wildman–Crippen MR) is 60.0 cm³/mol. The van der Waals surface area contributed by atoms with Crippen molar-refractivity contribution in [1.82, 2.24) is 0 Å². The number of halogens is 2. The maximum Gasteiger partial charge on any atom is 0.126 e. The average Bonchev–Trinajstić information content (AvgIpc) is 2.96. The smallest absolute Gasteiger partial charge is 0.126 e. The third kappa shape index (κ3) is 3.56. The summed E-state index contributed by atoms with van der Waals surface area (Å²) in [6.07, 6.45) is 5.30. The Kier molecular flexibility index (Phi) is 3.54. The van der Waals surface area contributed by atoms with Crippen molar-refractivity contribution in [2.75, 3.05) is 0 Å². The molecule has 2 rings (SSSR count). The lowest BCUT2D eigenvalue weighted by Crippen LogP contribution is -2.23. The van der Waals surface area contributed by atoms with Gasteiger partial charge in [-0.1, -0.05) is 12.8 Å². The van der Waals surface area contributed by atoms with Gasteiger partial charge < -0.3 is 5.73 Å². The molecule has 1 saturated carbocycles. The molecule has 16 heavy (non-hydrogen) atoms. The number of benzene rings is 1. The van der Waals surface area contributed by atoms with Gasteiger partial charge in [-0.15, -0.1) is 0 Å². The summed E-state index contributed by atoms with van der Waals surface area (Å²) >= 11 is 0. The van der Waals surface area contributed by atoms with Crippen molar-refractivity contribution >= 4 is 0 Å². The fourth-order valence-electron chi connectivity index (χ4n) is 1.99. The van der Waals surface area contributed by atoms with E-state index in [1.165, 1.54) is 25.0 Å². The van der Waals surface area contributed by atoms with Crippen molar-refractivity contribution in [2.45, 2.75) is 38.1 Å². The van der Waals surface area contributed by atoms with Crippen molar-refractivity contribution in [3.8, 4) is 0 Å². The summed E-state index contributed by atoms with van der Waals surface area (Å²) in [6.45, 7) is 0. The maximum atomic E-state index is 12.9. The van der Waals surface area contributed by atoms with Gasteiger partial charge in [-0.05, 0) is 42.9 Å². The van der Waals surface area contributed by atoms with Crippen LogP contribution < -0.4 is 5.73 Å². The van der Waals surface area contributed by atoms with E-state index >= 15 is 0 Å². The lowest BCUT2D eigenvalue weighted by atomic mass is 10.0. The van der Waals surface area contributed by atoms with Gasteiger partial charge in [0.05, 0.1) is 0 Å². The second kappa shape index (κ2) is 4.91. The Balaban J connectivity index is 1.86. The summed E-state index contributed by atoms with van der Waals surface area (Å²) in [7, 11) is 0. The highest BCUT2D eigenvalue weighted by molar-refractivity contribution is 5.18. The van der Waals surface area contributed by atoms with Crippen LogP contribution in [-0.2, 0) is 6.42 Å². The van der Waals surface area contributed by atoms with Gasteiger partial charge in [-0.2, -0.15) is 0 Å². The normalized spacial score (nSPS) is 17.4. The van der Waals surface area contributed by atoms with Crippen molar-refractivity contribution < 1.29 is 8.78 Å². The van der Waals surface area contributed by atoms with E-state index in [1.54, 1.807) is 0 Å². The average molecular weight is 225 g/mol. The molecule has 1 unspecified atom stereocenters. The fraction of sp³-hybridized carbons (Fsp3) is 0.538. The highest BCUT2D eigenvalue weighted by atomic mass is 19.1. The predicted octanol–water partition coefficient (Wildman–Crippen LogP) is 3.02. The lowest BCUT2D eigenvalue weighted by Gasteiger charge is -2.11. The summed E-state index contributed by atoms with van der Waals surface area (Å²) in [5, 5.41) is 0. The third-order valence-electron chi connectivity index (χ3n) is 3.06. The molecule has 0 spiro atoms. The zero-order valence-corrected chi connectivity index (χ0v) is 9.26. The summed E-state index contributed by atoms with van der Waals surface area (Å²) in [5.41, 5.74) is 6.59. The van der Waals surface area contributed by atoms with Crippen LogP contribution >= 0.6 is 0 Å². The molecule has 0 heterocycles. The van der Waals surface area contributed by atoms with Gasteiger partial charge >= 0.3 is 0 Å². The molecule has 0 aliphatic heterocycles. The molecular weight excluding hydrogens is 208 g/mol. The number of rotatable bonds is 5. The standard InChI is InChI=1S/C13H17F2N/c14-11-5-10(6-12(15)8-11)7-13(16)4-3-9-1-2-9/h5-6,8-9,13H,1-4,7,16H2. The SMILES string of the molecule is NC(CCC1CC1)Cc1cc(F)cc(F)c1.